The molecule has 0 radical (unpaired) electrons. The minimum absolute atomic E-state index is 1.03. The third kappa shape index (κ3) is 5.39. The van der Waals surface area contributed by atoms with E-state index in [-0.39, 0.29) is 0 Å². The largest absolute Gasteiger partial charge is 0.172 e. The fourth-order valence-corrected chi connectivity index (χ4v) is 11.2. The number of unbranched alkanes of at least 4 members (excludes halogenated alkanes) is 10. The number of hydrogen-bond acceptors (Lipinski definition) is 8. The Morgan fingerprint density at radius 2 is 0.825 bits per heavy atom. The average molecular weight is 739 g/mol. The van der Waals surface area contributed by atoms with Crippen LogP contribution in [-0.2, 0) is 12.8 Å². The number of fused-ring (bicyclic) bond motifs is 11. The molecule has 0 N–H and O–H groups in total. The molecule has 40 heavy (non-hydrogen) atoms. The van der Waals surface area contributed by atoms with Crippen LogP contribution in [0.2, 0.25) is 0 Å². The molecule has 0 unspecified atom stereocenters. The van der Waals surface area contributed by atoms with Crippen molar-refractivity contribution in [3.63, 3.8) is 0 Å². The van der Waals surface area contributed by atoms with Gasteiger partial charge in [0.25, 0.3) is 0 Å². The topological polar surface area (TPSA) is 51.6 Å². The van der Waals surface area contributed by atoms with E-state index in [1.54, 1.807) is 0 Å². The fourth-order valence-electron chi connectivity index (χ4n) is 6.05. The third-order valence-corrected chi connectivity index (χ3v) is 13.2. The van der Waals surface area contributed by atoms with Gasteiger partial charge in [-0.15, -0.1) is 22.7 Å². The maximum atomic E-state index is 4.93. The van der Waals surface area contributed by atoms with E-state index in [2.05, 4.69) is 45.7 Å². The molecule has 6 rings (SSSR count). The van der Waals surface area contributed by atoms with E-state index in [0.29, 0.717) is 0 Å². The van der Waals surface area contributed by atoms with Crippen LogP contribution in [0.3, 0.4) is 0 Å². The van der Waals surface area contributed by atoms with Crippen LogP contribution in [-0.4, -0.2) is 17.5 Å². The predicted molar refractivity (Wildman–Crippen MR) is 186 cm³/mol. The second kappa shape index (κ2) is 13.2. The highest BCUT2D eigenvalue weighted by Crippen LogP contribution is 2.51. The van der Waals surface area contributed by atoms with Crippen LogP contribution in [0.15, 0.2) is 7.57 Å². The molecule has 0 amide bonds. The van der Waals surface area contributed by atoms with E-state index in [9.17, 15) is 0 Å². The summed E-state index contributed by atoms with van der Waals surface area (Å²) in [6.07, 6.45) is 17.7. The summed E-state index contributed by atoms with van der Waals surface area (Å²) in [5, 5.41) is 4.98. The predicted octanol–water partition coefficient (Wildman–Crippen LogP) is 12.6. The average Bonchev–Trinajstić information content (AvgIpc) is 3.73. The summed E-state index contributed by atoms with van der Waals surface area (Å²) in [7, 11) is 0. The van der Waals surface area contributed by atoms with E-state index in [0.717, 1.165) is 34.9 Å². The highest BCUT2D eigenvalue weighted by atomic mass is 79.9. The Kier molecular flexibility index (Phi) is 9.70. The summed E-state index contributed by atoms with van der Waals surface area (Å²) in [6.45, 7) is 4.56. The number of thiophene rings is 2. The Bertz CT molecular complexity index is 1650. The van der Waals surface area contributed by atoms with Crippen molar-refractivity contribution in [2.45, 2.75) is 104 Å². The van der Waals surface area contributed by atoms with Crippen molar-refractivity contribution in [2.75, 3.05) is 0 Å². The molecule has 10 heteroatoms. The number of aryl methyl sites for hydroxylation is 2. The Labute approximate surface area is 268 Å². The first-order chi connectivity index (χ1) is 19.7. The zero-order valence-corrected chi connectivity index (χ0v) is 29.5. The Morgan fingerprint density at radius 1 is 0.475 bits per heavy atom. The normalized spacial score (nSPS) is 12.4. The zero-order chi connectivity index (χ0) is 27.6. The van der Waals surface area contributed by atoms with Gasteiger partial charge in [0.15, 0.2) is 0 Å². The lowest BCUT2D eigenvalue weighted by Gasteiger charge is -2.08. The first-order valence-corrected chi connectivity index (χ1v) is 19.4. The highest BCUT2D eigenvalue weighted by Gasteiger charge is 2.27. The van der Waals surface area contributed by atoms with Gasteiger partial charge < -0.3 is 0 Å². The van der Waals surface area contributed by atoms with Crippen molar-refractivity contribution in [2.24, 2.45) is 0 Å². The van der Waals surface area contributed by atoms with Crippen LogP contribution in [0.4, 0.5) is 0 Å². The molecule has 0 aliphatic rings. The summed E-state index contributed by atoms with van der Waals surface area (Å²) >= 11 is 14.3. The lowest BCUT2D eigenvalue weighted by molar-refractivity contribution is 0.608. The SMILES string of the molecule is CCCCCCCCc1c(Br)sc2c1c1nsnc1c1c3sc(Br)c(CCCCCCCC)c3c3nsnc3c21. The molecule has 0 fully saturated rings. The lowest BCUT2D eigenvalue weighted by atomic mass is 9.96. The van der Waals surface area contributed by atoms with Gasteiger partial charge in [-0.05, 0) is 68.7 Å². The number of benzene rings is 2. The maximum absolute atomic E-state index is 4.93. The van der Waals surface area contributed by atoms with Gasteiger partial charge in [-0.1, -0.05) is 78.1 Å². The first-order valence-electron chi connectivity index (χ1n) is 14.7. The van der Waals surface area contributed by atoms with E-state index < -0.39 is 0 Å². The molecule has 0 atom stereocenters. The number of hydrogen-bond donors (Lipinski definition) is 0. The van der Waals surface area contributed by atoms with Crippen molar-refractivity contribution < 1.29 is 0 Å². The summed E-state index contributed by atoms with van der Waals surface area (Å²) in [5.74, 6) is 0. The molecule has 2 aromatic carbocycles. The van der Waals surface area contributed by atoms with E-state index >= 15 is 0 Å². The van der Waals surface area contributed by atoms with Crippen molar-refractivity contribution in [3.8, 4) is 0 Å². The fraction of sp³-hybridized carbons (Fsp3) is 0.533. The van der Waals surface area contributed by atoms with Gasteiger partial charge in [-0.2, -0.15) is 17.5 Å². The van der Waals surface area contributed by atoms with Crippen LogP contribution < -0.4 is 0 Å². The third-order valence-electron chi connectivity index (χ3n) is 8.10. The molecule has 0 spiro atoms. The van der Waals surface area contributed by atoms with E-state index in [1.807, 2.05) is 22.7 Å². The van der Waals surface area contributed by atoms with Gasteiger partial charge in [0.1, 0.15) is 22.1 Å². The minimum Gasteiger partial charge on any atom is -0.172 e. The molecule has 4 heterocycles. The Hall–Kier alpha value is -0.780. The van der Waals surface area contributed by atoms with Crippen LogP contribution in [0, 0.1) is 0 Å². The summed E-state index contributed by atoms with van der Waals surface area (Å²) in [4.78, 5) is 0. The monoisotopic (exact) mass is 736 g/mol. The zero-order valence-electron chi connectivity index (χ0n) is 23.1. The van der Waals surface area contributed by atoms with E-state index in [1.165, 1.54) is 150 Å². The van der Waals surface area contributed by atoms with Crippen molar-refractivity contribution in [1.82, 2.24) is 17.5 Å². The van der Waals surface area contributed by atoms with Gasteiger partial charge in [-0.3, -0.25) is 0 Å². The van der Waals surface area contributed by atoms with Crippen LogP contribution in [0.5, 0.6) is 0 Å². The molecule has 0 saturated heterocycles. The lowest BCUT2D eigenvalue weighted by Crippen LogP contribution is -1.90. The highest BCUT2D eigenvalue weighted by molar-refractivity contribution is 9.11. The molecule has 0 aliphatic heterocycles. The Balaban J connectivity index is 1.48. The molecule has 4 aromatic heterocycles. The number of nitrogens with zero attached hydrogens (tertiary/aromatic N) is 4. The van der Waals surface area contributed by atoms with Crippen LogP contribution >= 0.6 is 78.0 Å². The quantitative estimate of drug-likeness (QED) is 0.104. The number of halogens is 2. The second-order valence-electron chi connectivity index (χ2n) is 10.8. The molecule has 4 nitrogen and oxygen atoms in total. The van der Waals surface area contributed by atoms with Crippen molar-refractivity contribution in [3.05, 3.63) is 18.7 Å². The summed E-state index contributed by atoms with van der Waals surface area (Å²) < 4.78 is 24.7. The standard InChI is InChI=1S/C30H34Br2N4S4/c1-3-5-7-9-11-13-15-17-19-23-25(35-39-33-23)22-21(27(19)37-29(17)31)26-24(34-40-36-26)20-18(30(32)38-28(20)22)16-14-12-10-8-6-4-2/h3-16H2,1-2H3. The summed E-state index contributed by atoms with van der Waals surface area (Å²) in [5.41, 5.74) is 6.95. The second-order valence-corrected chi connectivity index (χ2v) is 16.6. The number of rotatable bonds is 14. The molecule has 0 saturated carbocycles. The smallest absolute Gasteiger partial charge is 0.114 e. The molecular weight excluding hydrogens is 704 g/mol. The first kappa shape index (κ1) is 29.3. The minimum atomic E-state index is 1.03. The summed E-state index contributed by atoms with van der Waals surface area (Å²) in [6, 6.07) is 0. The van der Waals surface area contributed by atoms with Crippen molar-refractivity contribution in [1.29, 1.82) is 0 Å². The Morgan fingerprint density at radius 3 is 1.23 bits per heavy atom. The maximum Gasteiger partial charge on any atom is 0.114 e. The molecular formula is C30H34Br2N4S4. The molecule has 212 valence electrons. The van der Waals surface area contributed by atoms with Crippen LogP contribution in [0.1, 0.15) is 102 Å². The van der Waals surface area contributed by atoms with Gasteiger partial charge >= 0.3 is 0 Å². The van der Waals surface area contributed by atoms with Gasteiger partial charge in [0.2, 0.25) is 0 Å². The van der Waals surface area contributed by atoms with Gasteiger partial charge in [0, 0.05) is 30.9 Å². The van der Waals surface area contributed by atoms with Crippen LogP contribution in [0.25, 0.3) is 53.0 Å². The molecule has 0 bridgehead atoms. The van der Waals surface area contributed by atoms with Gasteiger partial charge in [-0.25, -0.2) is 0 Å². The molecule has 0 aliphatic carbocycles. The van der Waals surface area contributed by atoms with Crippen molar-refractivity contribution >= 4 is 131 Å². The van der Waals surface area contributed by atoms with E-state index in [4.69, 9.17) is 17.5 Å². The molecule has 6 aromatic rings. The van der Waals surface area contributed by atoms with Gasteiger partial charge in [0.05, 0.1) is 31.0 Å². The number of aromatic nitrogens is 4.